The number of rotatable bonds is 5. The zero-order valence-corrected chi connectivity index (χ0v) is 14.5. The molecule has 132 valence electrons. The van der Waals surface area contributed by atoms with Crippen molar-refractivity contribution in [3.63, 3.8) is 0 Å². The second-order valence-corrected chi connectivity index (χ2v) is 6.32. The molecule has 0 bridgehead atoms. The van der Waals surface area contributed by atoms with E-state index in [1.807, 2.05) is 31.2 Å². The number of hydrogen-bond donors (Lipinski definition) is 1. The molecule has 3 rings (SSSR count). The first-order valence-corrected chi connectivity index (χ1v) is 8.82. The molecule has 5 heteroatoms. The Kier molecular flexibility index (Phi) is 5.66. The first kappa shape index (κ1) is 17.4. The lowest BCUT2D eigenvalue weighted by Crippen LogP contribution is -2.44. The minimum atomic E-state index is -0.227. The second kappa shape index (κ2) is 8.12. The Labute approximate surface area is 148 Å². The third kappa shape index (κ3) is 4.17. The number of carbonyl (C=O) groups is 1. The quantitative estimate of drug-likeness (QED) is 0.846. The van der Waals surface area contributed by atoms with E-state index in [0.29, 0.717) is 13.2 Å². The molecule has 1 aliphatic rings. The SMILES string of the molecule is CCOC(=O)C1CCCCN1Cc1cc(-c2cccnc2)ccc1O. The van der Waals surface area contributed by atoms with Gasteiger partial charge in [0.25, 0.3) is 0 Å². The monoisotopic (exact) mass is 340 g/mol. The largest absolute Gasteiger partial charge is 0.508 e. The highest BCUT2D eigenvalue weighted by atomic mass is 16.5. The third-order valence-corrected chi connectivity index (χ3v) is 4.62. The lowest BCUT2D eigenvalue weighted by Gasteiger charge is -2.34. The summed E-state index contributed by atoms with van der Waals surface area (Å²) < 4.78 is 5.22. The number of pyridine rings is 1. The molecule has 0 saturated carbocycles. The number of ether oxygens (including phenoxy) is 1. The molecular weight excluding hydrogens is 316 g/mol. The fourth-order valence-electron chi connectivity index (χ4n) is 3.33. The maximum atomic E-state index is 12.2. The van der Waals surface area contributed by atoms with Crippen molar-refractivity contribution in [1.29, 1.82) is 0 Å². The van der Waals surface area contributed by atoms with Crippen molar-refractivity contribution in [1.82, 2.24) is 9.88 Å². The van der Waals surface area contributed by atoms with E-state index in [1.54, 1.807) is 18.5 Å². The summed E-state index contributed by atoms with van der Waals surface area (Å²) in [6.07, 6.45) is 6.43. The molecule has 1 aliphatic heterocycles. The van der Waals surface area contributed by atoms with E-state index in [-0.39, 0.29) is 17.8 Å². The molecule has 1 fully saturated rings. The minimum absolute atomic E-state index is 0.162. The van der Waals surface area contributed by atoms with E-state index < -0.39 is 0 Å². The summed E-state index contributed by atoms with van der Waals surface area (Å²) >= 11 is 0. The van der Waals surface area contributed by atoms with Crippen molar-refractivity contribution in [3.8, 4) is 16.9 Å². The molecule has 1 aromatic heterocycles. The molecule has 1 unspecified atom stereocenters. The van der Waals surface area contributed by atoms with Crippen LogP contribution >= 0.6 is 0 Å². The van der Waals surface area contributed by atoms with Crippen LogP contribution in [0.2, 0.25) is 0 Å². The van der Waals surface area contributed by atoms with Crippen LogP contribution in [0.4, 0.5) is 0 Å². The van der Waals surface area contributed by atoms with Crippen molar-refractivity contribution in [2.75, 3.05) is 13.2 Å². The third-order valence-electron chi connectivity index (χ3n) is 4.62. The zero-order chi connectivity index (χ0) is 17.6. The van der Waals surface area contributed by atoms with Gasteiger partial charge in [0.1, 0.15) is 11.8 Å². The Hall–Kier alpha value is -2.40. The fraction of sp³-hybridized carbons (Fsp3) is 0.400. The number of aromatic hydroxyl groups is 1. The van der Waals surface area contributed by atoms with Gasteiger partial charge in [0.2, 0.25) is 0 Å². The molecule has 1 saturated heterocycles. The van der Waals surface area contributed by atoms with Gasteiger partial charge in [-0.25, -0.2) is 0 Å². The van der Waals surface area contributed by atoms with Crippen molar-refractivity contribution < 1.29 is 14.6 Å². The first-order valence-electron chi connectivity index (χ1n) is 8.82. The summed E-state index contributed by atoms with van der Waals surface area (Å²) in [5.41, 5.74) is 2.83. The van der Waals surface area contributed by atoms with Gasteiger partial charge in [0.15, 0.2) is 0 Å². The van der Waals surface area contributed by atoms with Gasteiger partial charge in [-0.05, 0) is 50.1 Å². The highest BCUT2D eigenvalue weighted by Crippen LogP contribution is 2.29. The van der Waals surface area contributed by atoms with Crippen molar-refractivity contribution >= 4 is 5.97 Å². The van der Waals surface area contributed by atoms with Crippen molar-refractivity contribution in [3.05, 3.63) is 48.3 Å². The van der Waals surface area contributed by atoms with E-state index in [0.717, 1.165) is 42.5 Å². The van der Waals surface area contributed by atoms with Crippen LogP contribution in [-0.2, 0) is 16.1 Å². The maximum absolute atomic E-state index is 12.2. The van der Waals surface area contributed by atoms with Gasteiger partial charge in [-0.1, -0.05) is 18.6 Å². The predicted molar refractivity (Wildman–Crippen MR) is 96.0 cm³/mol. The molecule has 0 radical (unpaired) electrons. The Morgan fingerprint density at radius 3 is 2.96 bits per heavy atom. The molecule has 0 spiro atoms. The van der Waals surface area contributed by atoms with Gasteiger partial charge in [0.05, 0.1) is 6.61 Å². The van der Waals surface area contributed by atoms with Crippen LogP contribution in [0.15, 0.2) is 42.7 Å². The van der Waals surface area contributed by atoms with Crippen LogP contribution in [0.1, 0.15) is 31.7 Å². The van der Waals surface area contributed by atoms with Crippen molar-refractivity contribution in [2.24, 2.45) is 0 Å². The summed E-state index contributed by atoms with van der Waals surface area (Å²) in [5, 5.41) is 10.3. The molecule has 1 atom stereocenters. The van der Waals surface area contributed by atoms with Crippen LogP contribution in [-0.4, -0.2) is 40.2 Å². The van der Waals surface area contributed by atoms with Gasteiger partial charge >= 0.3 is 5.97 Å². The maximum Gasteiger partial charge on any atom is 0.323 e. The van der Waals surface area contributed by atoms with Gasteiger partial charge in [-0.15, -0.1) is 0 Å². The molecule has 2 aromatic rings. The highest BCUT2D eigenvalue weighted by Gasteiger charge is 2.30. The number of carbonyl (C=O) groups excluding carboxylic acids is 1. The first-order chi connectivity index (χ1) is 12.2. The Bertz CT molecular complexity index is 718. The molecular formula is C20H24N2O3. The molecule has 2 heterocycles. The lowest BCUT2D eigenvalue weighted by atomic mass is 9.99. The minimum Gasteiger partial charge on any atom is -0.508 e. The van der Waals surface area contributed by atoms with E-state index in [1.165, 1.54) is 0 Å². The average Bonchev–Trinajstić information content (AvgIpc) is 2.65. The van der Waals surface area contributed by atoms with E-state index >= 15 is 0 Å². The number of hydrogen-bond acceptors (Lipinski definition) is 5. The summed E-state index contributed by atoms with van der Waals surface area (Å²) in [6.45, 7) is 3.59. The van der Waals surface area contributed by atoms with Crippen LogP contribution in [0, 0.1) is 0 Å². The van der Waals surface area contributed by atoms with Gasteiger partial charge in [0, 0.05) is 30.1 Å². The normalized spacial score (nSPS) is 18.0. The van der Waals surface area contributed by atoms with Crippen LogP contribution in [0.3, 0.4) is 0 Å². The van der Waals surface area contributed by atoms with E-state index in [4.69, 9.17) is 4.74 Å². The molecule has 5 nitrogen and oxygen atoms in total. The van der Waals surface area contributed by atoms with Crippen LogP contribution < -0.4 is 0 Å². The van der Waals surface area contributed by atoms with Crippen molar-refractivity contribution in [2.45, 2.75) is 38.8 Å². The number of nitrogens with zero attached hydrogens (tertiary/aromatic N) is 2. The van der Waals surface area contributed by atoms with Gasteiger partial charge in [-0.3, -0.25) is 14.7 Å². The molecule has 0 amide bonds. The standard InChI is InChI=1S/C20H24N2O3/c1-2-25-20(24)18-7-3-4-11-22(18)14-17-12-15(8-9-19(17)23)16-6-5-10-21-13-16/h5-6,8-10,12-13,18,23H,2-4,7,11,14H2,1H3. The smallest absolute Gasteiger partial charge is 0.323 e. The number of piperidine rings is 1. The lowest BCUT2D eigenvalue weighted by molar-refractivity contribution is -0.151. The summed E-state index contributed by atoms with van der Waals surface area (Å²) in [5.74, 6) is 0.0888. The van der Waals surface area contributed by atoms with Gasteiger partial charge < -0.3 is 9.84 Å². The topological polar surface area (TPSA) is 62.7 Å². The Morgan fingerprint density at radius 1 is 1.32 bits per heavy atom. The molecule has 1 aromatic carbocycles. The van der Waals surface area contributed by atoms with Crippen LogP contribution in [0.25, 0.3) is 11.1 Å². The van der Waals surface area contributed by atoms with Gasteiger partial charge in [-0.2, -0.15) is 0 Å². The van der Waals surface area contributed by atoms with Crippen LogP contribution in [0.5, 0.6) is 5.75 Å². The fourth-order valence-corrected chi connectivity index (χ4v) is 3.33. The summed E-state index contributed by atoms with van der Waals surface area (Å²) in [6, 6.07) is 9.23. The number of phenolic OH excluding ortho intramolecular Hbond substituents is 1. The number of esters is 1. The Balaban J connectivity index is 1.82. The Morgan fingerprint density at radius 2 is 2.20 bits per heavy atom. The molecule has 0 aliphatic carbocycles. The predicted octanol–water partition coefficient (Wildman–Crippen LogP) is 3.37. The number of aromatic nitrogens is 1. The number of phenols is 1. The number of likely N-dealkylation sites (tertiary alicyclic amines) is 1. The molecule has 1 N–H and O–H groups in total. The highest BCUT2D eigenvalue weighted by molar-refractivity contribution is 5.76. The van der Waals surface area contributed by atoms with E-state index in [2.05, 4.69) is 9.88 Å². The average molecular weight is 340 g/mol. The summed E-state index contributed by atoms with van der Waals surface area (Å²) in [7, 11) is 0. The summed E-state index contributed by atoms with van der Waals surface area (Å²) in [4.78, 5) is 18.5. The number of benzene rings is 1. The zero-order valence-electron chi connectivity index (χ0n) is 14.5. The molecule has 25 heavy (non-hydrogen) atoms. The second-order valence-electron chi connectivity index (χ2n) is 6.32. The van der Waals surface area contributed by atoms with E-state index in [9.17, 15) is 9.90 Å².